The third kappa shape index (κ3) is 65.7. The maximum Gasteiger partial charge on any atom is 0.306 e. The van der Waals surface area contributed by atoms with Crippen LogP contribution in [0.5, 0.6) is 0 Å². The van der Waals surface area contributed by atoms with E-state index in [0.29, 0.717) is 19.3 Å². The zero-order chi connectivity index (χ0) is 57.8. The van der Waals surface area contributed by atoms with Crippen molar-refractivity contribution in [1.29, 1.82) is 0 Å². The molecule has 0 aromatic rings. The molecular weight excluding hydrogens is 985 g/mol. The molecule has 0 saturated heterocycles. The zero-order valence-corrected chi connectivity index (χ0v) is 53.3. The SMILES string of the molecule is CC/C=C\C/C=C\C/C=C\C/C=C\C/C=C\CCCCCCCCCC(=O)OCC(COC(=O)CCCCCCCCC/C=C\CCCCCCCCC)OC(=O)CCCCCCCCCCCCCCCCCCCCCCC. The molecule has 1 atom stereocenters. The average Bonchev–Trinajstić information content (AvgIpc) is 3.46. The Balaban J connectivity index is 4.37. The topological polar surface area (TPSA) is 78.9 Å². The first-order valence-corrected chi connectivity index (χ1v) is 34.9. The van der Waals surface area contributed by atoms with Gasteiger partial charge in [0, 0.05) is 19.3 Å². The van der Waals surface area contributed by atoms with Crippen LogP contribution in [0, 0.1) is 0 Å². The molecule has 0 amide bonds. The molecule has 0 aromatic carbocycles. The monoisotopic (exact) mass is 1120 g/mol. The van der Waals surface area contributed by atoms with Crippen LogP contribution in [0.25, 0.3) is 0 Å². The lowest BCUT2D eigenvalue weighted by molar-refractivity contribution is -0.167. The highest BCUT2D eigenvalue weighted by Gasteiger charge is 2.19. The minimum atomic E-state index is -0.782. The molecule has 6 heteroatoms. The van der Waals surface area contributed by atoms with Crippen LogP contribution in [0.2, 0.25) is 0 Å². The molecule has 0 rings (SSSR count). The van der Waals surface area contributed by atoms with E-state index in [-0.39, 0.29) is 31.1 Å². The third-order valence-electron chi connectivity index (χ3n) is 15.4. The van der Waals surface area contributed by atoms with E-state index >= 15 is 0 Å². The summed E-state index contributed by atoms with van der Waals surface area (Å²) in [5.74, 6) is -0.870. The second-order valence-electron chi connectivity index (χ2n) is 23.4. The number of rotatable bonds is 64. The maximum absolute atomic E-state index is 13.0. The molecule has 0 aliphatic rings. The van der Waals surface area contributed by atoms with Crippen LogP contribution in [0.3, 0.4) is 0 Å². The van der Waals surface area contributed by atoms with Gasteiger partial charge in [-0.15, -0.1) is 0 Å². The minimum absolute atomic E-state index is 0.0776. The number of carbonyl (C=O) groups is 3. The van der Waals surface area contributed by atoms with Crippen molar-refractivity contribution in [2.75, 3.05) is 13.2 Å². The van der Waals surface area contributed by atoms with Crippen molar-refractivity contribution in [3.63, 3.8) is 0 Å². The molecule has 1 unspecified atom stereocenters. The quantitative estimate of drug-likeness (QED) is 0.0261. The van der Waals surface area contributed by atoms with Gasteiger partial charge in [-0.05, 0) is 89.9 Å². The number of hydrogen-bond donors (Lipinski definition) is 0. The van der Waals surface area contributed by atoms with Crippen LogP contribution < -0.4 is 0 Å². The molecule has 0 N–H and O–H groups in total. The average molecular weight is 1120 g/mol. The first-order valence-electron chi connectivity index (χ1n) is 34.9. The van der Waals surface area contributed by atoms with E-state index in [2.05, 4.69) is 93.7 Å². The first-order chi connectivity index (χ1) is 39.5. The summed E-state index contributed by atoms with van der Waals surface area (Å²) in [5, 5.41) is 0. The highest BCUT2D eigenvalue weighted by atomic mass is 16.6. The van der Waals surface area contributed by atoms with Gasteiger partial charge in [-0.25, -0.2) is 0 Å². The van der Waals surface area contributed by atoms with Crippen molar-refractivity contribution in [2.45, 2.75) is 367 Å². The van der Waals surface area contributed by atoms with Gasteiger partial charge in [0.2, 0.25) is 0 Å². The molecule has 0 bridgehead atoms. The number of ether oxygens (including phenoxy) is 3. The van der Waals surface area contributed by atoms with Crippen molar-refractivity contribution < 1.29 is 28.6 Å². The van der Waals surface area contributed by atoms with E-state index < -0.39 is 6.10 Å². The fraction of sp³-hybridized carbons (Fsp3) is 0.797. The Labute approximate surface area is 497 Å². The second kappa shape index (κ2) is 68.3. The van der Waals surface area contributed by atoms with Crippen molar-refractivity contribution >= 4 is 17.9 Å². The van der Waals surface area contributed by atoms with Crippen molar-refractivity contribution in [3.8, 4) is 0 Å². The summed E-state index contributed by atoms with van der Waals surface area (Å²) in [6.07, 6.45) is 89.2. The molecule has 0 saturated carbocycles. The van der Waals surface area contributed by atoms with E-state index in [1.807, 2.05) is 0 Å². The van der Waals surface area contributed by atoms with Gasteiger partial charge in [-0.3, -0.25) is 14.4 Å². The van der Waals surface area contributed by atoms with Gasteiger partial charge in [0.05, 0.1) is 0 Å². The summed E-state index contributed by atoms with van der Waals surface area (Å²) in [5.41, 5.74) is 0. The predicted octanol–water partition coefficient (Wildman–Crippen LogP) is 24.1. The van der Waals surface area contributed by atoms with E-state index in [0.717, 1.165) is 96.3 Å². The normalized spacial score (nSPS) is 12.5. The first kappa shape index (κ1) is 76.9. The van der Waals surface area contributed by atoms with Crippen LogP contribution in [0.4, 0.5) is 0 Å². The molecule has 0 aliphatic carbocycles. The van der Waals surface area contributed by atoms with Gasteiger partial charge < -0.3 is 14.2 Å². The van der Waals surface area contributed by atoms with Crippen LogP contribution >= 0.6 is 0 Å². The van der Waals surface area contributed by atoms with Crippen molar-refractivity contribution in [2.24, 2.45) is 0 Å². The summed E-state index contributed by atoms with van der Waals surface area (Å²) >= 11 is 0. The number of allylic oxidation sites excluding steroid dienone is 12. The lowest BCUT2D eigenvalue weighted by atomic mass is 10.0. The summed E-state index contributed by atoms with van der Waals surface area (Å²) in [4.78, 5) is 38.5. The molecule has 0 aromatic heterocycles. The smallest absolute Gasteiger partial charge is 0.306 e. The molecule has 80 heavy (non-hydrogen) atoms. The minimum Gasteiger partial charge on any atom is -0.462 e. The molecule has 0 aliphatic heterocycles. The van der Waals surface area contributed by atoms with Crippen LogP contribution in [-0.4, -0.2) is 37.2 Å². The summed E-state index contributed by atoms with van der Waals surface area (Å²) in [6.45, 7) is 6.57. The molecule has 0 heterocycles. The fourth-order valence-electron chi connectivity index (χ4n) is 10.2. The van der Waals surface area contributed by atoms with E-state index in [9.17, 15) is 14.4 Å². The molecular formula is C74H132O6. The number of esters is 3. The van der Waals surface area contributed by atoms with Crippen molar-refractivity contribution in [1.82, 2.24) is 0 Å². The van der Waals surface area contributed by atoms with Gasteiger partial charge in [0.15, 0.2) is 6.10 Å². The van der Waals surface area contributed by atoms with Gasteiger partial charge in [-0.1, -0.05) is 325 Å². The highest BCUT2D eigenvalue weighted by Crippen LogP contribution is 2.18. The van der Waals surface area contributed by atoms with Gasteiger partial charge in [0.25, 0.3) is 0 Å². The fourth-order valence-corrected chi connectivity index (χ4v) is 10.2. The molecule has 6 nitrogen and oxygen atoms in total. The zero-order valence-electron chi connectivity index (χ0n) is 53.3. The highest BCUT2D eigenvalue weighted by molar-refractivity contribution is 5.71. The Morgan fingerprint density at radius 2 is 0.487 bits per heavy atom. The Hall–Kier alpha value is -3.15. The predicted molar refractivity (Wildman–Crippen MR) is 348 cm³/mol. The van der Waals surface area contributed by atoms with Crippen LogP contribution in [0.1, 0.15) is 361 Å². The summed E-state index contributed by atoms with van der Waals surface area (Å²) in [6, 6.07) is 0. The molecule has 0 spiro atoms. The Morgan fingerprint density at radius 1 is 0.263 bits per heavy atom. The van der Waals surface area contributed by atoms with Gasteiger partial charge >= 0.3 is 17.9 Å². The third-order valence-corrected chi connectivity index (χ3v) is 15.4. The van der Waals surface area contributed by atoms with E-state index in [4.69, 9.17) is 14.2 Å². The van der Waals surface area contributed by atoms with Gasteiger partial charge in [-0.2, -0.15) is 0 Å². The summed E-state index contributed by atoms with van der Waals surface area (Å²) < 4.78 is 17.0. The van der Waals surface area contributed by atoms with Gasteiger partial charge in [0.1, 0.15) is 13.2 Å². The Kier molecular flexibility index (Phi) is 65.7. The Bertz CT molecular complexity index is 1470. The lowest BCUT2D eigenvalue weighted by Crippen LogP contribution is -2.30. The Morgan fingerprint density at radius 3 is 0.775 bits per heavy atom. The number of unbranched alkanes of at least 4 members (excludes halogenated alkanes) is 41. The molecule has 0 radical (unpaired) electrons. The number of carbonyl (C=O) groups excluding carboxylic acids is 3. The lowest BCUT2D eigenvalue weighted by Gasteiger charge is -2.18. The standard InChI is InChI=1S/C74H132O6/c1-4-7-10-13-16-19-22-25-28-31-34-36-37-39-40-43-46-49-52-55-58-61-64-67-73(76)79-70-71(69-78-72(75)66-63-60-57-54-51-48-45-42-33-30-27-24-21-18-15-12-9-6-3)80-74(77)68-65-62-59-56-53-50-47-44-41-38-35-32-29-26-23-20-17-14-11-8-5-2/h7,10,16,19,25,28,30,33-34,36,39-40,71H,4-6,8-9,11-15,17-18,20-24,26-27,29,31-32,35,37-38,41-70H2,1-3H3/b10-7-,19-16-,28-25-,33-30-,36-34-,40-39-. The largest absolute Gasteiger partial charge is 0.462 e. The van der Waals surface area contributed by atoms with E-state index in [1.165, 1.54) is 225 Å². The maximum atomic E-state index is 13.0. The van der Waals surface area contributed by atoms with E-state index in [1.54, 1.807) is 0 Å². The molecule has 0 fully saturated rings. The van der Waals surface area contributed by atoms with Crippen molar-refractivity contribution in [3.05, 3.63) is 72.9 Å². The van der Waals surface area contributed by atoms with Crippen LogP contribution in [0.15, 0.2) is 72.9 Å². The molecule has 464 valence electrons. The number of hydrogen-bond acceptors (Lipinski definition) is 6. The van der Waals surface area contributed by atoms with Crippen LogP contribution in [-0.2, 0) is 28.6 Å². The second-order valence-corrected chi connectivity index (χ2v) is 23.4. The summed E-state index contributed by atoms with van der Waals surface area (Å²) in [7, 11) is 0.